The minimum absolute atomic E-state index is 0.000357. The van der Waals surface area contributed by atoms with Crippen molar-refractivity contribution < 1.29 is 53.3 Å². The number of carboxylic acids is 1. The average Bonchev–Trinajstić information content (AvgIpc) is 3.82. The molecule has 5 N–H and O–H groups in total. The number of ether oxygens (including phenoxy) is 1. The van der Waals surface area contributed by atoms with E-state index < -0.39 is 65.6 Å². The summed E-state index contributed by atoms with van der Waals surface area (Å²) in [5.41, 5.74) is 0.575. The normalized spacial score (nSPS) is 20.7. The summed E-state index contributed by atoms with van der Waals surface area (Å²) < 4.78 is 5.82. The number of Topliss-reactive ketones (excluding diaryl/α,β-unsaturated/α-hetero) is 1. The third kappa shape index (κ3) is 18.5. The highest BCUT2D eigenvalue weighted by atomic mass is 32.2. The van der Waals surface area contributed by atoms with Crippen molar-refractivity contribution in [1.29, 1.82) is 0 Å². The summed E-state index contributed by atoms with van der Waals surface area (Å²) in [6.45, 7) is 11.5. The molecule has 0 saturated carbocycles. The first-order chi connectivity index (χ1) is 33.7. The largest absolute Gasteiger partial charge is 0.506 e. The van der Waals surface area contributed by atoms with Gasteiger partial charge in [-0.3, -0.25) is 43.3 Å². The maximum Gasteiger partial charge on any atom is 0.306 e. The zero-order chi connectivity index (χ0) is 52.4. The molecule has 17 nitrogen and oxygen atoms in total. The van der Waals surface area contributed by atoms with Gasteiger partial charge in [0.2, 0.25) is 17.7 Å². The number of likely N-dealkylation sites (tertiary alicyclic amines) is 1. The van der Waals surface area contributed by atoms with Crippen LogP contribution in [0.15, 0.2) is 46.5 Å². The molecule has 1 aromatic carbocycles. The van der Waals surface area contributed by atoms with Crippen LogP contribution in [0.4, 0.5) is 5.69 Å². The van der Waals surface area contributed by atoms with Crippen molar-refractivity contribution in [3.63, 3.8) is 0 Å². The van der Waals surface area contributed by atoms with Crippen molar-refractivity contribution in [3.05, 3.63) is 62.8 Å². The third-order valence-electron chi connectivity index (χ3n) is 13.3. The van der Waals surface area contributed by atoms with Crippen LogP contribution in [-0.2, 0) is 44.7 Å². The second-order valence-electron chi connectivity index (χ2n) is 19.0. The quantitative estimate of drug-likeness (QED) is 0.0606. The van der Waals surface area contributed by atoms with Crippen molar-refractivity contribution in [1.82, 2.24) is 25.4 Å². The Morgan fingerprint density at radius 3 is 2.39 bits per heavy atom. The number of aromatic nitrogens is 1. The zero-order valence-corrected chi connectivity index (χ0v) is 44.6. The molecule has 2 aliphatic heterocycles. The second-order valence-corrected chi connectivity index (χ2v) is 22.1. The van der Waals surface area contributed by atoms with Crippen LogP contribution in [0.1, 0.15) is 126 Å². The van der Waals surface area contributed by atoms with Gasteiger partial charge in [0.1, 0.15) is 16.5 Å². The fraction of sp³-hybridized carbons (Fsp3) is 0.588. The smallest absolute Gasteiger partial charge is 0.306 e. The van der Waals surface area contributed by atoms with Gasteiger partial charge in [-0.05, 0) is 92.1 Å². The number of carbonyl (C=O) groups is 8. The molecule has 71 heavy (non-hydrogen) atoms. The molecule has 1 aromatic heterocycles. The van der Waals surface area contributed by atoms with E-state index in [0.29, 0.717) is 22.1 Å². The van der Waals surface area contributed by atoms with Crippen LogP contribution >= 0.6 is 34.9 Å². The van der Waals surface area contributed by atoms with Crippen LogP contribution in [0.5, 0.6) is 5.75 Å². The van der Waals surface area contributed by atoms with Crippen LogP contribution in [0.25, 0.3) is 0 Å². The summed E-state index contributed by atoms with van der Waals surface area (Å²) in [5.74, 6) is -6.18. The molecule has 0 bridgehead atoms. The van der Waals surface area contributed by atoms with E-state index in [1.165, 1.54) is 67.0 Å². The maximum absolute atomic E-state index is 14.4. The Bertz CT molecular complexity index is 2220. The Labute approximate surface area is 430 Å². The summed E-state index contributed by atoms with van der Waals surface area (Å²) in [7, 11) is 3.68. The molecule has 1 saturated heterocycles. The molecule has 0 radical (unpaired) electrons. The molecule has 20 heteroatoms. The first-order valence-electron chi connectivity index (χ1n) is 24.3. The summed E-state index contributed by atoms with van der Waals surface area (Å²) >= 11 is 3.89. The Hall–Kier alpha value is -5.05. The summed E-state index contributed by atoms with van der Waals surface area (Å²) in [5, 5.41) is 34.8. The summed E-state index contributed by atoms with van der Waals surface area (Å²) in [6.07, 6.45) is 5.93. The molecule has 8 atom stereocenters. The van der Waals surface area contributed by atoms with Gasteiger partial charge >= 0.3 is 11.9 Å². The number of ketones is 2. The van der Waals surface area contributed by atoms with Crippen molar-refractivity contribution in [3.8, 4) is 5.75 Å². The molecule has 2 aliphatic rings. The third-order valence-corrected chi connectivity index (χ3v) is 15.9. The predicted molar refractivity (Wildman–Crippen MR) is 278 cm³/mol. The first-order valence-corrected chi connectivity index (χ1v) is 27.3. The lowest BCUT2D eigenvalue weighted by molar-refractivity contribution is -0.149. The highest BCUT2D eigenvalue weighted by Crippen LogP contribution is 2.33. The number of thioether (sulfide) groups is 2. The number of nitrogens with zero attached hydrogens (tertiary/aromatic N) is 3. The highest BCUT2D eigenvalue weighted by molar-refractivity contribution is 8.18. The van der Waals surface area contributed by atoms with Gasteiger partial charge in [-0.2, -0.15) is 0 Å². The molecule has 1 fully saturated rings. The van der Waals surface area contributed by atoms with Crippen LogP contribution < -0.4 is 16.0 Å². The Kier molecular flexibility index (Phi) is 23.8. The number of hydrogen-bond donors (Lipinski definition) is 5. The lowest BCUT2D eigenvalue weighted by Crippen LogP contribution is -2.48. The van der Waals surface area contributed by atoms with Crippen molar-refractivity contribution in [2.24, 2.45) is 29.6 Å². The number of piperidine rings is 1. The van der Waals surface area contributed by atoms with E-state index in [9.17, 15) is 48.6 Å². The number of rotatable bonds is 21. The SMILES string of the molecule is CC[C@H](C)[C@H](CC(=O)[C@H]1CCCCN1C)C(=O)N(C)[C@H](C[C@@H](OC(C)=O)c1nc(C(=O)N[C@@H](Cc2ccc(O)c(NC(=O)C3CCC(=O)/C=C/SCS/C=C/C(=O)NC3)c2)CC(C)C(=O)O)cs1)C(C)C. The lowest BCUT2D eigenvalue weighted by atomic mass is 9.83. The van der Waals surface area contributed by atoms with E-state index in [0.717, 1.165) is 37.1 Å². The number of carboxylic acid groups (broad SMARTS) is 1. The molecule has 0 spiro atoms. The minimum Gasteiger partial charge on any atom is -0.506 e. The molecule has 390 valence electrons. The van der Waals surface area contributed by atoms with Crippen molar-refractivity contribution in [2.75, 3.05) is 37.6 Å². The zero-order valence-electron chi connectivity index (χ0n) is 42.1. The van der Waals surface area contributed by atoms with Gasteiger partial charge in [0.25, 0.3) is 5.91 Å². The number of benzene rings is 1. The van der Waals surface area contributed by atoms with Crippen molar-refractivity contribution in [2.45, 2.75) is 130 Å². The molecule has 4 rings (SSSR count). The molecular weight excluding hydrogens is 969 g/mol. The molecule has 0 aliphatic carbocycles. The number of amides is 4. The molecule has 2 aromatic rings. The minimum atomic E-state index is -1.08. The monoisotopic (exact) mass is 1040 g/mol. The van der Waals surface area contributed by atoms with E-state index in [4.69, 9.17) is 4.74 Å². The first kappa shape index (κ1) is 58.5. The van der Waals surface area contributed by atoms with Crippen LogP contribution in [0.2, 0.25) is 0 Å². The Balaban J connectivity index is 1.52. The number of carbonyl (C=O) groups excluding carboxylic acids is 7. The van der Waals surface area contributed by atoms with E-state index in [-0.39, 0.29) is 97.6 Å². The topological polar surface area (TPSA) is 242 Å². The van der Waals surface area contributed by atoms with Gasteiger partial charge in [-0.1, -0.05) is 53.5 Å². The standard InChI is InChI=1S/C51H72N6O11S3/c1-9-31(4)38(25-44(61)41-12-10-11-19-56(41)7)50(65)57(8)42(30(2)3)26-45(68-33(6)58)49-55-40(28-71-49)48(64)53-36(22-32(5)51(66)67)23-34-13-16-43(60)39(24-34)54-47(63)35-14-15-37(59)17-20-69-29-70-21-18-46(62)52-27-35/h13,16-18,20-21,24,28,30-32,35-36,38,41-42,45,60H,9-12,14-15,19,22-23,25-27,29H2,1-8H3,(H,52,62)(H,53,64)(H,54,63)(H,66,67)/b20-17+,21-18+/t31-,32?,35?,36+,38-,41+,42+,45+/m0/s1. The number of anilines is 1. The van der Waals surface area contributed by atoms with Crippen molar-refractivity contribution >= 4 is 87.7 Å². The van der Waals surface area contributed by atoms with Gasteiger partial charge in [0.15, 0.2) is 17.7 Å². The van der Waals surface area contributed by atoms with Gasteiger partial charge in [-0.15, -0.1) is 34.9 Å². The number of esters is 1. The lowest BCUT2D eigenvalue weighted by Gasteiger charge is -2.37. The highest BCUT2D eigenvalue weighted by Gasteiger charge is 2.38. The number of hydrogen-bond acceptors (Lipinski definition) is 15. The fourth-order valence-corrected chi connectivity index (χ4v) is 11.0. The van der Waals surface area contributed by atoms with E-state index in [1.54, 1.807) is 28.8 Å². The number of allylic oxidation sites excluding steroid dienone is 1. The number of thiazole rings is 1. The summed E-state index contributed by atoms with van der Waals surface area (Å²) in [6, 6.07) is 3.03. The number of aliphatic carboxylic acids is 1. The molecular formula is C51H72N6O11S3. The summed E-state index contributed by atoms with van der Waals surface area (Å²) in [4.78, 5) is 114. The van der Waals surface area contributed by atoms with Crippen LogP contribution in [0, 0.1) is 29.6 Å². The predicted octanol–water partition coefficient (Wildman–Crippen LogP) is 7.37. The van der Waals surface area contributed by atoms with Gasteiger partial charge in [-0.25, -0.2) is 4.98 Å². The number of likely N-dealkylation sites (N-methyl/N-ethyl adjacent to an activating group) is 1. The van der Waals surface area contributed by atoms with Crippen LogP contribution in [-0.4, -0.2) is 123 Å². The Morgan fingerprint density at radius 2 is 1.73 bits per heavy atom. The van der Waals surface area contributed by atoms with E-state index in [1.807, 2.05) is 34.7 Å². The number of nitrogens with one attached hydrogen (secondary N) is 3. The van der Waals surface area contributed by atoms with Crippen LogP contribution in [0.3, 0.4) is 0 Å². The number of phenols is 1. The van der Waals surface area contributed by atoms with E-state index in [2.05, 4.69) is 25.8 Å². The number of phenolic OH excluding ortho intramolecular Hbond substituents is 1. The number of aromatic hydroxyl groups is 1. The average molecular weight is 1040 g/mol. The molecule has 4 amide bonds. The van der Waals surface area contributed by atoms with Gasteiger partial charge < -0.3 is 35.8 Å². The maximum atomic E-state index is 14.4. The van der Waals surface area contributed by atoms with Gasteiger partial charge in [0, 0.05) is 74.3 Å². The van der Waals surface area contributed by atoms with Gasteiger partial charge in [0.05, 0.1) is 23.6 Å². The Morgan fingerprint density at radius 1 is 1.01 bits per heavy atom. The van der Waals surface area contributed by atoms with E-state index >= 15 is 0 Å². The molecule has 2 unspecified atom stereocenters. The molecule has 3 heterocycles. The second kappa shape index (κ2) is 28.9. The fourth-order valence-electron chi connectivity index (χ4n) is 8.78.